The van der Waals surface area contributed by atoms with Gasteiger partial charge >= 0.3 is 5.69 Å². The molecular weight excluding hydrogens is 350 g/mol. The Bertz CT molecular complexity index is 749. The molecule has 108 valence electrons. The van der Waals surface area contributed by atoms with Gasteiger partial charge in [-0.15, -0.1) is 0 Å². The molecule has 0 N–H and O–H groups in total. The van der Waals surface area contributed by atoms with Gasteiger partial charge in [0.1, 0.15) is 6.33 Å². The standard InChI is InChI=1S/C11H12BrN3O4S/c1-20(17,18)19-7-6-14-8-13-15(11(14)16)10-4-2-9(12)3-5-10/h2-5,8H,6-7H2,1H3. The molecule has 0 bridgehead atoms. The summed E-state index contributed by atoms with van der Waals surface area (Å²) in [6.07, 6.45) is 2.30. The van der Waals surface area contributed by atoms with Crippen LogP contribution in [0.15, 0.2) is 39.9 Å². The van der Waals surface area contributed by atoms with Crippen molar-refractivity contribution < 1.29 is 12.6 Å². The molecule has 1 aromatic heterocycles. The molecule has 1 aromatic carbocycles. The van der Waals surface area contributed by atoms with Crippen molar-refractivity contribution in [3.05, 3.63) is 45.5 Å². The molecule has 0 radical (unpaired) electrons. The van der Waals surface area contributed by atoms with Crippen molar-refractivity contribution >= 4 is 26.0 Å². The number of aromatic nitrogens is 3. The van der Waals surface area contributed by atoms with Crippen molar-refractivity contribution in [3.63, 3.8) is 0 Å². The zero-order valence-electron chi connectivity index (χ0n) is 10.6. The Kier molecular flexibility index (Phi) is 4.41. The van der Waals surface area contributed by atoms with E-state index in [9.17, 15) is 13.2 Å². The SMILES string of the molecule is CS(=O)(=O)OCCn1cnn(-c2ccc(Br)cc2)c1=O. The third-order valence-electron chi connectivity index (χ3n) is 2.43. The quantitative estimate of drug-likeness (QED) is 0.734. The average molecular weight is 362 g/mol. The van der Waals surface area contributed by atoms with E-state index in [0.29, 0.717) is 5.69 Å². The first kappa shape index (κ1) is 14.9. The van der Waals surface area contributed by atoms with E-state index in [-0.39, 0.29) is 18.8 Å². The molecule has 0 saturated carbocycles. The molecule has 2 rings (SSSR count). The van der Waals surface area contributed by atoms with Crippen LogP contribution in [0.5, 0.6) is 0 Å². The van der Waals surface area contributed by atoms with Gasteiger partial charge in [0, 0.05) is 4.47 Å². The van der Waals surface area contributed by atoms with Gasteiger partial charge in [0.2, 0.25) is 0 Å². The van der Waals surface area contributed by atoms with E-state index >= 15 is 0 Å². The van der Waals surface area contributed by atoms with Crippen LogP contribution in [0.1, 0.15) is 0 Å². The molecule has 0 atom stereocenters. The van der Waals surface area contributed by atoms with Gasteiger partial charge in [-0.05, 0) is 24.3 Å². The molecule has 20 heavy (non-hydrogen) atoms. The lowest BCUT2D eigenvalue weighted by molar-refractivity contribution is 0.302. The maximum atomic E-state index is 12.1. The largest absolute Gasteiger partial charge is 0.350 e. The zero-order chi connectivity index (χ0) is 14.8. The predicted octanol–water partition coefficient (Wildman–Crippen LogP) is 0.773. The fourth-order valence-electron chi connectivity index (χ4n) is 1.53. The first-order valence-electron chi connectivity index (χ1n) is 5.61. The highest BCUT2D eigenvalue weighted by atomic mass is 79.9. The Labute approximate surface area is 124 Å². The summed E-state index contributed by atoms with van der Waals surface area (Å²) in [5.41, 5.74) is 0.269. The molecule has 0 fully saturated rings. The molecule has 7 nitrogen and oxygen atoms in total. The second-order valence-corrected chi connectivity index (χ2v) is 6.58. The van der Waals surface area contributed by atoms with E-state index in [1.54, 1.807) is 24.3 Å². The van der Waals surface area contributed by atoms with Crippen molar-refractivity contribution in [3.8, 4) is 5.69 Å². The Morgan fingerprint density at radius 3 is 2.55 bits per heavy atom. The second-order valence-electron chi connectivity index (χ2n) is 4.02. The number of benzene rings is 1. The smallest absolute Gasteiger partial charge is 0.279 e. The van der Waals surface area contributed by atoms with Gasteiger partial charge in [-0.1, -0.05) is 15.9 Å². The number of halogens is 1. The molecule has 0 aliphatic carbocycles. The third-order valence-corrected chi connectivity index (χ3v) is 3.56. The van der Waals surface area contributed by atoms with Crippen molar-refractivity contribution in [2.75, 3.05) is 12.9 Å². The molecule has 0 aliphatic rings. The monoisotopic (exact) mass is 361 g/mol. The van der Waals surface area contributed by atoms with Crippen LogP contribution in [0.3, 0.4) is 0 Å². The van der Waals surface area contributed by atoms with Crippen LogP contribution < -0.4 is 5.69 Å². The molecule has 1 heterocycles. The minimum atomic E-state index is -3.51. The van der Waals surface area contributed by atoms with Crippen LogP contribution in [0.2, 0.25) is 0 Å². The van der Waals surface area contributed by atoms with E-state index in [2.05, 4.69) is 25.2 Å². The number of nitrogens with zero attached hydrogens (tertiary/aromatic N) is 3. The molecule has 9 heteroatoms. The van der Waals surface area contributed by atoms with E-state index < -0.39 is 10.1 Å². The van der Waals surface area contributed by atoms with E-state index in [1.807, 2.05) is 0 Å². The number of hydrogen-bond acceptors (Lipinski definition) is 5. The molecule has 0 unspecified atom stereocenters. The highest BCUT2D eigenvalue weighted by Crippen LogP contribution is 2.11. The lowest BCUT2D eigenvalue weighted by Crippen LogP contribution is -2.25. The molecular formula is C11H12BrN3O4S. The summed E-state index contributed by atoms with van der Waals surface area (Å²) in [4.78, 5) is 12.1. The van der Waals surface area contributed by atoms with E-state index in [0.717, 1.165) is 10.7 Å². The minimum Gasteiger partial charge on any atom is -0.279 e. The van der Waals surface area contributed by atoms with Crippen LogP contribution in [-0.4, -0.2) is 35.6 Å². The summed E-state index contributed by atoms with van der Waals surface area (Å²) in [7, 11) is -3.51. The Hall–Kier alpha value is -1.45. The number of hydrogen-bond donors (Lipinski definition) is 0. The summed E-state index contributed by atoms with van der Waals surface area (Å²) in [6, 6.07) is 7.09. The maximum absolute atomic E-state index is 12.1. The summed E-state index contributed by atoms with van der Waals surface area (Å²) in [5.74, 6) is 0. The second kappa shape index (κ2) is 5.90. The third kappa shape index (κ3) is 3.78. The highest BCUT2D eigenvalue weighted by Gasteiger charge is 2.08. The molecule has 0 spiro atoms. The molecule has 2 aromatic rings. The summed E-state index contributed by atoms with van der Waals surface area (Å²) < 4.78 is 29.7. The minimum absolute atomic E-state index is 0.106. The maximum Gasteiger partial charge on any atom is 0.350 e. The van der Waals surface area contributed by atoms with Crippen molar-refractivity contribution in [1.82, 2.24) is 14.3 Å². The molecule has 0 amide bonds. The van der Waals surface area contributed by atoms with Gasteiger partial charge < -0.3 is 0 Å². The topological polar surface area (TPSA) is 83.2 Å². The van der Waals surface area contributed by atoms with Crippen molar-refractivity contribution in [2.24, 2.45) is 0 Å². The summed E-state index contributed by atoms with van der Waals surface area (Å²) in [6.45, 7) is 0.00715. The van der Waals surface area contributed by atoms with Crippen LogP contribution in [0.4, 0.5) is 0 Å². The lowest BCUT2D eigenvalue weighted by Gasteiger charge is -2.01. The van der Waals surface area contributed by atoms with Gasteiger partial charge in [-0.3, -0.25) is 8.75 Å². The molecule has 0 saturated heterocycles. The van der Waals surface area contributed by atoms with Gasteiger partial charge in [0.25, 0.3) is 10.1 Å². The van der Waals surface area contributed by atoms with E-state index in [4.69, 9.17) is 0 Å². The average Bonchev–Trinajstić information content (AvgIpc) is 2.71. The normalized spacial score (nSPS) is 11.7. The summed E-state index contributed by atoms with van der Waals surface area (Å²) >= 11 is 3.31. The Morgan fingerprint density at radius 2 is 1.95 bits per heavy atom. The molecule has 0 aliphatic heterocycles. The van der Waals surface area contributed by atoms with Crippen LogP contribution in [0, 0.1) is 0 Å². The van der Waals surface area contributed by atoms with Gasteiger partial charge in [-0.2, -0.15) is 18.2 Å². The van der Waals surface area contributed by atoms with Crippen LogP contribution in [-0.2, 0) is 20.8 Å². The fraction of sp³-hybridized carbons (Fsp3) is 0.273. The highest BCUT2D eigenvalue weighted by molar-refractivity contribution is 9.10. The van der Waals surface area contributed by atoms with Crippen molar-refractivity contribution in [1.29, 1.82) is 0 Å². The lowest BCUT2D eigenvalue weighted by atomic mass is 10.3. The van der Waals surface area contributed by atoms with Gasteiger partial charge in [0.15, 0.2) is 0 Å². The first-order valence-corrected chi connectivity index (χ1v) is 8.22. The van der Waals surface area contributed by atoms with E-state index in [1.165, 1.54) is 15.6 Å². The predicted molar refractivity (Wildman–Crippen MR) is 76.3 cm³/mol. The Balaban J connectivity index is 2.15. The summed E-state index contributed by atoms with van der Waals surface area (Å²) in [5, 5.41) is 3.98. The van der Waals surface area contributed by atoms with Crippen LogP contribution in [0.25, 0.3) is 5.69 Å². The first-order chi connectivity index (χ1) is 9.37. The Morgan fingerprint density at radius 1 is 1.30 bits per heavy atom. The van der Waals surface area contributed by atoms with Gasteiger partial charge in [0.05, 0.1) is 25.1 Å². The van der Waals surface area contributed by atoms with Crippen LogP contribution >= 0.6 is 15.9 Å². The van der Waals surface area contributed by atoms with Gasteiger partial charge in [-0.25, -0.2) is 4.79 Å². The number of rotatable bonds is 5. The van der Waals surface area contributed by atoms with Crippen molar-refractivity contribution in [2.45, 2.75) is 6.54 Å². The fourth-order valence-corrected chi connectivity index (χ4v) is 2.18. The zero-order valence-corrected chi connectivity index (χ0v) is 13.0.